The van der Waals surface area contributed by atoms with Crippen LogP contribution in [-0.2, 0) is 0 Å². The molecule has 0 aliphatic carbocycles. The van der Waals surface area contributed by atoms with E-state index >= 15 is 0 Å². The van der Waals surface area contributed by atoms with E-state index in [0.29, 0.717) is 5.69 Å². The Balaban J connectivity index is 3.23. The number of aromatic nitrogens is 1. The van der Waals surface area contributed by atoms with E-state index in [1.54, 1.807) is 13.0 Å². The fraction of sp³-hybridized carbons (Fsp3) is 0.250. The molecular weight excluding hydrogens is 162 g/mol. The maximum absolute atomic E-state index is 12.2. The van der Waals surface area contributed by atoms with E-state index in [0.717, 1.165) is 0 Å². The molecule has 1 rings (SSSR count). The number of alkyl halides is 2. The Morgan fingerprint density at radius 3 is 2.67 bits per heavy atom. The number of aryl methyl sites for hydroxylation is 1. The van der Waals surface area contributed by atoms with Gasteiger partial charge in [0.25, 0.3) is 6.43 Å². The third-order valence-electron chi connectivity index (χ3n) is 1.41. The quantitative estimate of drug-likeness (QED) is 0.644. The van der Waals surface area contributed by atoms with Gasteiger partial charge in [0.05, 0.1) is 5.56 Å². The molecule has 12 heavy (non-hydrogen) atoms. The number of pyridine rings is 1. The molecule has 0 saturated heterocycles. The van der Waals surface area contributed by atoms with Crippen LogP contribution in [0.1, 0.15) is 23.4 Å². The van der Waals surface area contributed by atoms with Crippen LogP contribution in [0.25, 0.3) is 0 Å². The van der Waals surface area contributed by atoms with E-state index in [4.69, 9.17) is 5.26 Å². The van der Waals surface area contributed by atoms with Gasteiger partial charge in [-0.25, -0.2) is 13.8 Å². The minimum absolute atomic E-state index is 0.190. The van der Waals surface area contributed by atoms with Gasteiger partial charge in [-0.05, 0) is 19.1 Å². The van der Waals surface area contributed by atoms with Gasteiger partial charge in [0.15, 0.2) is 0 Å². The molecular formula is C8H6F2N2. The van der Waals surface area contributed by atoms with Crippen LogP contribution in [0.2, 0.25) is 0 Å². The fourth-order valence-electron chi connectivity index (χ4n) is 0.833. The lowest BCUT2D eigenvalue weighted by Gasteiger charge is -2.01. The Hall–Kier alpha value is -1.50. The Kier molecular flexibility index (Phi) is 2.34. The van der Waals surface area contributed by atoms with Gasteiger partial charge in [0.2, 0.25) is 0 Å². The number of rotatable bonds is 1. The zero-order valence-electron chi connectivity index (χ0n) is 6.38. The highest BCUT2D eigenvalue weighted by atomic mass is 19.3. The Labute approximate surface area is 68.5 Å². The molecule has 0 unspecified atom stereocenters. The first kappa shape index (κ1) is 8.60. The second-order valence-electron chi connectivity index (χ2n) is 2.30. The van der Waals surface area contributed by atoms with Crippen molar-refractivity contribution in [2.24, 2.45) is 0 Å². The van der Waals surface area contributed by atoms with Crippen molar-refractivity contribution in [2.45, 2.75) is 13.3 Å². The summed E-state index contributed by atoms with van der Waals surface area (Å²) in [5.74, 6) is 0. The molecule has 0 fully saturated rings. The van der Waals surface area contributed by atoms with Crippen LogP contribution >= 0.6 is 0 Å². The van der Waals surface area contributed by atoms with Crippen molar-refractivity contribution in [1.82, 2.24) is 4.98 Å². The van der Waals surface area contributed by atoms with E-state index in [-0.39, 0.29) is 11.3 Å². The first-order chi connectivity index (χ1) is 5.65. The monoisotopic (exact) mass is 168 g/mol. The zero-order valence-corrected chi connectivity index (χ0v) is 6.38. The first-order valence-electron chi connectivity index (χ1n) is 3.31. The molecule has 0 atom stereocenters. The molecule has 1 heterocycles. The molecule has 0 N–H and O–H groups in total. The Bertz CT molecular complexity index is 328. The molecule has 0 bridgehead atoms. The number of hydrogen-bond donors (Lipinski definition) is 0. The summed E-state index contributed by atoms with van der Waals surface area (Å²) in [4.78, 5) is 3.67. The molecule has 0 saturated carbocycles. The van der Waals surface area contributed by atoms with E-state index < -0.39 is 6.43 Å². The van der Waals surface area contributed by atoms with Crippen LogP contribution in [-0.4, -0.2) is 4.98 Å². The van der Waals surface area contributed by atoms with Crippen LogP contribution in [0.3, 0.4) is 0 Å². The summed E-state index contributed by atoms with van der Waals surface area (Å²) < 4.78 is 24.3. The van der Waals surface area contributed by atoms with Crippen LogP contribution in [0.4, 0.5) is 8.78 Å². The van der Waals surface area contributed by atoms with Crippen LogP contribution in [0, 0.1) is 18.3 Å². The van der Waals surface area contributed by atoms with Gasteiger partial charge in [-0.15, -0.1) is 0 Å². The number of nitrogens with zero attached hydrogens (tertiary/aromatic N) is 2. The van der Waals surface area contributed by atoms with E-state index in [9.17, 15) is 8.78 Å². The van der Waals surface area contributed by atoms with E-state index in [1.165, 1.54) is 12.1 Å². The van der Waals surface area contributed by atoms with Gasteiger partial charge >= 0.3 is 0 Å². The lowest BCUT2D eigenvalue weighted by Crippen LogP contribution is -1.95. The fourth-order valence-corrected chi connectivity index (χ4v) is 0.833. The largest absolute Gasteiger partial charge is 0.266 e. The van der Waals surface area contributed by atoms with Crippen molar-refractivity contribution in [3.63, 3.8) is 0 Å². The predicted molar refractivity (Wildman–Crippen MR) is 38.6 cm³/mol. The average molecular weight is 168 g/mol. The molecule has 2 nitrogen and oxygen atoms in total. The standard InChI is InChI=1S/C8H6F2N2/c1-5-2-3-6(8(9)10)7(4-11)12-5/h2-3,8H,1H3. The molecule has 0 amide bonds. The molecule has 4 heteroatoms. The lowest BCUT2D eigenvalue weighted by molar-refractivity contribution is 0.150. The van der Waals surface area contributed by atoms with Crippen LogP contribution in [0.5, 0.6) is 0 Å². The van der Waals surface area contributed by atoms with Crippen LogP contribution < -0.4 is 0 Å². The van der Waals surface area contributed by atoms with Gasteiger partial charge in [0.1, 0.15) is 11.8 Å². The average Bonchev–Trinajstić information content (AvgIpc) is 2.03. The molecule has 0 radical (unpaired) electrons. The molecule has 0 aliphatic rings. The minimum atomic E-state index is -2.63. The smallest absolute Gasteiger partial charge is 0.242 e. The SMILES string of the molecule is Cc1ccc(C(F)F)c(C#N)n1. The summed E-state index contributed by atoms with van der Waals surface area (Å²) in [6, 6.07) is 4.31. The van der Waals surface area contributed by atoms with Gasteiger partial charge in [0, 0.05) is 5.69 Å². The summed E-state index contributed by atoms with van der Waals surface area (Å²) in [5.41, 5.74) is 0.0732. The van der Waals surface area contributed by atoms with Crippen LogP contribution in [0.15, 0.2) is 12.1 Å². The number of hydrogen-bond acceptors (Lipinski definition) is 2. The molecule has 1 aromatic heterocycles. The first-order valence-corrected chi connectivity index (χ1v) is 3.31. The lowest BCUT2D eigenvalue weighted by atomic mass is 10.2. The maximum atomic E-state index is 12.2. The number of halogens is 2. The third kappa shape index (κ3) is 1.56. The summed E-state index contributed by atoms with van der Waals surface area (Å²) in [7, 11) is 0. The predicted octanol–water partition coefficient (Wildman–Crippen LogP) is 2.20. The third-order valence-corrected chi connectivity index (χ3v) is 1.41. The van der Waals surface area contributed by atoms with E-state index in [1.807, 2.05) is 0 Å². The zero-order chi connectivity index (χ0) is 9.14. The summed E-state index contributed by atoms with van der Waals surface area (Å²) in [5, 5.41) is 8.45. The van der Waals surface area contributed by atoms with Gasteiger partial charge in [-0.1, -0.05) is 0 Å². The van der Waals surface area contributed by atoms with Crippen molar-refractivity contribution in [3.8, 4) is 6.07 Å². The highest BCUT2D eigenvalue weighted by Gasteiger charge is 2.13. The normalized spacial score (nSPS) is 9.92. The molecule has 62 valence electrons. The van der Waals surface area contributed by atoms with Gasteiger partial charge < -0.3 is 0 Å². The Morgan fingerprint density at radius 2 is 2.17 bits per heavy atom. The second kappa shape index (κ2) is 3.26. The van der Waals surface area contributed by atoms with Gasteiger partial charge in [-0.2, -0.15) is 5.26 Å². The topological polar surface area (TPSA) is 36.7 Å². The van der Waals surface area contributed by atoms with Crippen molar-refractivity contribution in [3.05, 3.63) is 29.1 Å². The highest BCUT2D eigenvalue weighted by molar-refractivity contribution is 5.33. The minimum Gasteiger partial charge on any atom is -0.242 e. The van der Waals surface area contributed by atoms with Crippen molar-refractivity contribution < 1.29 is 8.78 Å². The van der Waals surface area contributed by atoms with Crippen molar-refractivity contribution in [2.75, 3.05) is 0 Å². The summed E-state index contributed by atoms with van der Waals surface area (Å²) in [6.07, 6.45) is -2.63. The van der Waals surface area contributed by atoms with Gasteiger partial charge in [-0.3, -0.25) is 0 Å². The summed E-state index contributed by atoms with van der Waals surface area (Å²) in [6.45, 7) is 1.65. The van der Waals surface area contributed by atoms with Crippen molar-refractivity contribution >= 4 is 0 Å². The Morgan fingerprint density at radius 1 is 1.50 bits per heavy atom. The number of nitriles is 1. The molecule has 0 aliphatic heterocycles. The molecule has 0 spiro atoms. The van der Waals surface area contributed by atoms with Crippen molar-refractivity contribution in [1.29, 1.82) is 5.26 Å². The molecule has 1 aromatic rings. The highest BCUT2D eigenvalue weighted by Crippen LogP contribution is 2.20. The second-order valence-corrected chi connectivity index (χ2v) is 2.30. The summed E-state index contributed by atoms with van der Waals surface area (Å²) >= 11 is 0. The maximum Gasteiger partial charge on any atom is 0.266 e. The molecule has 0 aromatic carbocycles. The van der Waals surface area contributed by atoms with E-state index in [2.05, 4.69) is 4.98 Å².